The molecular formula is C22H28N2OS. The molecule has 1 amide bonds. The van der Waals surface area contributed by atoms with Crippen LogP contribution in [-0.4, -0.2) is 38.0 Å². The van der Waals surface area contributed by atoms with Gasteiger partial charge in [0.15, 0.2) is 0 Å². The highest BCUT2D eigenvalue weighted by Gasteiger charge is 2.03. The lowest BCUT2D eigenvalue weighted by atomic mass is 10.2. The van der Waals surface area contributed by atoms with E-state index in [2.05, 4.69) is 61.6 Å². The van der Waals surface area contributed by atoms with Crippen molar-refractivity contribution in [2.75, 3.05) is 27.2 Å². The fourth-order valence-corrected chi connectivity index (χ4v) is 3.55. The maximum atomic E-state index is 12.0. The van der Waals surface area contributed by atoms with E-state index < -0.39 is 0 Å². The molecule has 0 fully saturated rings. The molecule has 0 aliphatic heterocycles. The number of amides is 1. The van der Waals surface area contributed by atoms with Crippen molar-refractivity contribution < 1.29 is 4.79 Å². The summed E-state index contributed by atoms with van der Waals surface area (Å²) in [5.41, 5.74) is 2.30. The first-order chi connectivity index (χ1) is 12.5. The molecular weight excluding hydrogens is 340 g/mol. The summed E-state index contributed by atoms with van der Waals surface area (Å²) in [5.74, 6) is -0.0368. The molecule has 2 aromatic carbocycles. The molecule has 0 bridgehead atoms. The van der Waals surface area contributed by atoms with Crippen LogP contribution in [0, 0.1) is 6.92 Å². The van der Waals surface area contributed by atoms with Crippen LogP contribution in [0.3, 0.4) is 0 Å². The van der Waals surface area contributed by atoms with Crippen LogP contribution in [0.2, 0.25) is 0 Å². The van der Waals surface area contributed by atoms with Crippen LogP contribution < -0.4 is 5.32 Å². The highest BCUT2D eigenvalue weighted by atomic mass is 32.2. The molecule has 26 heavy (non-hydrogen) atoms. The van der Waals surface area contributed by atoms with Crippen LogP contribution in [0.25, 0.3) is 6.08 Å². The van der Waals surface area contributed by atoms with Crippen molar-refractivity contribution in [2.45, 2.75) is 29.6 Å². The molecule has 0 radical (unpaired) electrons. The van der Waals surface area contributed by atoms with E-state index >= 15 is 0 Å². The SMILES string of the molecule is Cc1cccc(Sc2ccccc2/C=C/C(=O)NCCCCN(C)C)c1. The van der Waals surface area contributed by atoms with Crippen LogP contribution in [0.4, 0.5) is 0 Å². The van der Waals surface area contributed by atoms with Crippen molar-refractivity contribution in [1.29, 1.82) is 0 Å². The third-order valence-corrected chi connectivity index (χ3v) is 4.96. The zero-order valence-electron chi connectivity index (χ0n) is 15.9. The second-order valence-electron chi connectivity index (χ2n) is 6.59. The standard InChI is InChI=1S/C22H28N2OS/c1-18-9-8-11-20(17-18)26-21-12-5-4-10-19(21)13-14-22(25)23-15-6-7-16-24(2)3/h4-5,8-14,17H,6-7,15-16H2,1-3H3,(H,23,25)/b14-13+. The van der Waals surface area contributed by atoms with Crippen LogP contribution in [0.15, 0.2) is 64.4 Å². The Bertz CT molecular complexity index is 740. The Morgan fingerprint density at radius 1 is 1.12 bits per heavy atom. The highest BCUT2D eigenvalue weighted by molar-refractivity contribution is 7.99. The largest absolute Gasteiger partial charge is 0.353 e. The first-order valence-electron chi connectivity index (χ1n) is 8.99. The number of nitrogens with one attached hydrogen (secondary N) is 1. The Morgan fingerprint density at radius 2 is 1.92 bits per heavy atom. The van der Waals surface area contributed by atoms with Gasteiger partial charge in [0.2, 0.25) is 5.91 Å². The lowest BCUT2D eigenvalue weighted by molar-refractivity contribution is -0.116. The fraction of sp³-hybridized carbons (Fsp3) is 0.318. The van der Waals surface area contributed by atoms with E-state index in [4.69, 9.17) is 0 Å². The molecule has 1 N–H and O–H groups in total. The van der Waals surface area contributed by atoms with Crippen molar-refractivity contribution >= 4 is 23.7 Å². The quantitative estimate of drug-likeness (QED) is 0.518. The molecule has 0 aliphatic carbocycles. The van der Waals surface area contributed by atoms with Crippen molar-refractivity contribution in [3.8, 4) is 0 Å². The molecule has 0 atom stereocenters. The molecule has 3 nitrogen and oxygen atoms in total. The van der Waals surface area contributed by atoms with Crippen molar-refractivity contribution in [2.24, 2.45) is 0 Å². The number of carbonyl (C=O) groups is 1. The average Bonchev–Trinajstić information content (AvgIpc) is 2.60. The topological polar surface area (TPSA) is 32.3 Å². The Kier molecular flexibility index (Phi) is 8.45. The van der Waals surface area contributed by atoms with Crippen LogP contribution in [0.5, 0.6) is 0 Å². The number of carbonyl (C=O) groups excluding carboxylic acids is 1. The summed E-state index contributed by atoms with van der Waals surface area (Å²) in [6.07, 6.45) is 5.61. The van der Waals surface area contributed by atoms with E-state index in [9.17, 15) is 4.79 Å². The normalized spacial score (nSPS) is 11.2. The average molecular weight is 369 g/mol. The number of nitrogens with zero attached hydrogens (tertiary/aromatic N) is 1. The monoisotopic (exact) mass is 368 g/mol. The lowest BCUT2D eigenvalue weighted by Gasteiger charge is -2.09. The summed E-state index contributed by atoms with van der Waals surface area (Å²) in [6, 6.07) is 16.6. The predicted molar refractivity (Wildman–Crippen MR) is 112 cm³/mol. The van der Waals surface area contributed by atoms with Gasteiger partial charge in [0.05, 0.1) is 0 Å². The summed E-state index contributed by atoms with van der Waals surface area (Å²) in [6.45, 7) is 3.87. The van der Waals surface area contributed by atoms with Crippen molar-refractivity contribution in [3.05, 3.63) is 65.7 Å². The van der Waals surface area contributed by atoms with Gasteiger partial charge in [-0.1, -0.05) is 47.7 Å². The first-order valence-corrected chi connectivity index (χ1v) is 9.80. The summed E-state index contributed by atoms with van der Waals surface area (Å²) < 4.78 is 0. The van der Waals surface area contributed by atoms with E-state index in [1.54, 1.807) is 17.8 Å². The molecule has 0 aromatic heterocycles. The minimum atomic E-state index is -0.0368. The van der Waals surface area contributed by atoms with Gasteiger partial charge >= 0.3 is 0 Å². The van der Waals surface area contributed by atoms with E-state index in [1.807, 2.05) is 24.3 Å². The van der Waals surface area contributed by atoms with Gasteiger partial charge in [0, 0.05) is 22.4 Å². The molecule has 4 heteroatoms. The molecule has 0 aliphatic rings. The van der Waals surface area contributed by atoms with Crippen LogP contribution in [-0.2, 0) is 4.79 Å². The van der Waals surface area contributed by atoms with Crippen molar-refractivity contribution in [1.82, 2.24) is 10.2 Å². The number of rotatable bonds is 9. The number of benzene rings is 2. The molecule has 138 valence electrons. The fourth-order valence-electron chi connectivity index (χ4n) is 2.51. The Balaban J connectivity index is 1.90. The zero-order valence-corrected chi connectivity index (χ0v) is 16.7. The minimum Gasteiger partial charge on any atom is -0.353 e. The number of aryl methyl sites for hydroxylation is 1. The maximum absolute atomic E-state index is 12.0. The second-order valence-corrected chi connectivity index (χ2v) is 7.71. The number of unbranched alkanes of at least 4 members (excludes halogenated alkanes) is 1. The number of hydrogen-bond donors (Lipinski definition) is 1. The van der Waals surface area contributed by atoms with E-state index in [1.165, 1.54) is 10.5 Å². The van der Waals surface area contributed by atoms with E-state index in [-0.39, 0.29) is 5.91 Å². The van der Waals surface area contributed by atoms with Gasteiger partial charge in [-0.05, 0) is 70.2 Å². The van der Waals surface area contributed by atoms with Crippen LogP contribution >= 0.6 is 11.8 Å². The summed E-state index contributed by atoms with van der Waals surface area (Å²) in [4.78, 5) is 16.5. The van der Waals surface area contributed by atoms with Gasteiger partial charge in [-0.2, -0.15) is 0 Å². The molecule has 0 spiro atoms. The van der Waals surface area contributed by atoms with Gasteiger partial charge in [0.1, 0.15) is 0 Å². The molecule has 0 saturated heterocycles. The second kappa shape index (κ2) is 10.8. The molecule has 2 rings (SSSR count). The van der Waals surface area contributed by atoms with Gasteiger partial charge in [-0.3, -0.25) is 4.79 Å². The van der Waals surface area contributed by atoms with Gasteiger partial charge in [-0.15, -0.1) is 0 Å². The van der Waals surface area contributed by atoms with Crippen molar-refractivity contribution in [3.63, 3.8) is 0 Å². The minimum absolute atomic E-state index is 0.0368. The first kappa shape index (κ1) is 20.3. The van der Waals surface area contributed by atoms with Gasteiger partial charge < -0.3 is 10.2 Å². The Morgan fingerprint density at radius 3 is 2.69 bits per heavy atom. The summed E-state index contributed by atoms with van der Waals surface area (Å²) in [7, 11) is 4.13. The molecule has 0 unspecified atom stereocenters. The zero-order chi connectivity index (χ0) is 18.8. The molecule has 0 saturated carbocycles. The third-order valence-electron chi connectivity index (χ3n) is 3.88. The predicted octanol–water partition coefficient (Wildman–Crippen LogP) is 4.62. The molecule has 0 heterocycles. The summed E-state index contributed by atoms with van der Waals surface area (Å²) in [5, 5.41) is 2.95. The lowest BCUT2D eigenvalue weighted by Crippen LogP contribution is -2.23. The van der Waals surface area contributed by atoms with Gasteiger partial charge in [0.25, 0.3) is 0 Å². The Labute approximate surface area is 161 Å². The van der Waals surface area contributed by atoms with E-state index in [0.29, 0.717) is 0 Å². The third kappa shape index (κ3) is 7.46. The number of hydrogen-bond acceptors (Lipinski definition) is 3. The highest BCUT2D eigenvalue weighted by Crippen LogP contribution is 2.31. The Hall–Kier alpha value is -2.04. The summed E-state index contributed by atoms with van der Waals surface area (Å²) >= 11 is 1.72. The van der Waals surface area contributed by atoms with Crippen LogP contribution in [0.1, 0.15) is 24.0 Å². The smallest absolute Gasteiger partial charge is 0.243 e. The maximum Gasteiger partial charge on any atom is 0.243 e. The van der Waals surface area contributed by atoms with Gasteiger partial charge in [-0.25, -0.2) is 0 Å². The molecule has 2 aromatic rings. The van der Waals surface area contributed by atoms with E-state index in [0.717, 1.165) is 36.4 Å².